The minimum absolute atomic E-state index is 0.0288. The molecule has 0 aromatic carbocycles. The van der Waals surface area contributed by atoms with Crippen molar-refractivity contribution in [3.8, 4) is 12.3 Å². The van der Waals surface area contributed by atoms with Crippen LogP contribution in [0.3, 0.4) is 0 Å². The molecule has 0 spiro atoms. The van der Waals surface area contributed by atoms with Crippen LogP contribution < -0.4 is 5.73 Å². The Morgan fingerprint density at radius 1 is 1.57 bits per heavy atom. The quantitative estimate of drug-likeness (QED) is 0.644. The van der Waals surface area contributed by atoms with E-state index in [0.29, 0.717) is 13.1 Å². The fourth-order valence-electron chi connectivity index (χ4n) is 1.24. The van der Waals surface area contributed by atoms with Crippen LogP contribution in [0.15, 0.2) is 0 Å². The molecule has 3 heteroatoms. The van der Waals surface area contributed by atoms with Gasteiger partial charge in [0, 0.05) is 6.54 Å². The summed E-state index contributed by atoms with van der Waals surface area (Å²) in [5, 5.41) is 0. The van der Waals surface area contributed by atoms with Crippen molar-refractivity contribution in [1.82, 2.24) is 4.90 Å². The standard InChI is InChI=1S/C11H20N2O/c1-4-7-8-10(12)11(14)13(6-3)9-5-2/h2,10H,4,6-9,12H2,1,3H3/t10-/m0/s1. The Bertz CT molecular complexity index is 208. The predicted molar refractivity (Wildman–Crippen MR) is 58.6 cm³/mol. The molecule has 0 aliphatic heterocycles. The van der Waals surface area contributed by atoms with Crippen LogP contribution in [0, 0.1) is 12.3 Å². The van der Waals surface area contributed by atoms with Crippen LogP contribution in [0.25, 0.3) is 0 Å². The van der Waals surface area contributed by atoms with Gasteiger partial charge >= 0.3 is 0 Å². The maximum atomic E-state index is 11.7. The van der Waals surface area contributed by atoms with E-state index in [2.05, 4.69) is 12.8 Å². The number of terminal acetylenes is 1. The molecule has 0 fully saturated rings. The van der Waals surface area contributed by atoms with Crippen LogP contribution in [-0.4, -0.2) is 29.9 Å². The third-order valence-corrected chi connectivity index (χ3v) is 2.16. The normalized spacial score (nSPS) is 11.9. The SMILES string of the molecule is C#CCN(CC)C(=O)[C@@H](N)CCCC. The van der Waals surface area contributed by atoms with Crippen molar-refractivity contribution in [3.05, 3.63) is 0 Å². The highest BCUT2D eigenvalue weighted by molar-refractivity contribution is 5.81. The van der Waals surface area contributed by atoms with E-state index in [1.807, 2.05) is 6.92 Å². The van der Waals surface area contributed by atoms with Gasteiger partial charge < -0.3 is 10.6 Å². The van der Waals surface area contributed by atoms with Gasteiger partial charge in [-0.2, -0.15) is 0 Å². The maximum Gasteiger partial charge on any atom is 0.240 e. The molecular formula is C11H20N2O. The molecule has 2 N–H and O–H groups in total. The monoisotopic (exact) mass is 196 g/mol. The molecule has 14 heavy (non-hydrogen) atoms. The van der Waals surface area contributed by atoms with Crippen LogP contribution in [0.1, 0.15) is 33.1 Å². The maximum absolute atomic E-state index is 11.7. The second-order valence-electron chi connectivity index (χ2n) is 3.31. The van der Waals surface area contributed by atoms with Gasteiger partial charge in [-0.25, -0.2) is 0 Å². The number of hydrogen-bond donors (Lipinski definition) is 1. The average molecular weight is 196 g/mol. The molecule has 0 bridgehead atoms. The summed E-state index contributed by atoms with van der Waals surface area (Å²) in [5.74, 6) is 2.43. The van der Waals surface area contributed by atoms with E-state index >= 15 is 0 Å². The summed E-state index contributed by atoms with van der Waals surface area (Å²) in [6.07, 6.45) is 7.95. The number of unbranched alkanes of at least 4 members (excludes halogenated alkanes) is 1. The van der Waals surface area contributed by atoms with Crippen molar-refractivity contribution in [2.45, 2.75) is 39.2 Å². The third kappa shape index (κ3) is 4.29. The second-order valence-corrected chi connectivity index (χ2v) is 3.31. The summed E-state index contributed by atoms with van der Waals surface area (Å²) in [5.41, 5.74) is 5.75. The molecule has 0 aliphatic carbocycles. The van der Waals surface area contributed by atoms with Crippen molar-refractivity contribution in [3.63, 3.8) is 0 Å². The molecule has 0 saturated carbocycles. The number of nitrogens with two attached hydrogens (primary N) is 1. The molecule has 3 nitrogen and oxygen atoms in total. The lowest BCUT2D eigenvalue weighted by Gasteiger charge is -2.21. The number of hydrogen-bond acceptors (Lipinski definition) is 2. The molecule has 0 aromatic rings. The van der Waals surface area contributed by atoms with Gasteiger partial charge in [-0.1, -0.05) is 25.7 Å². The van der Waals surface area contributed by atoms with Gasteiger partial charge in [-0.3, -0.25) is 4.79 Å². The Balaban J connectivity index is 4.07. The lowest BCUT2D eigenvalue weighted by molar-refractivity contribution is -0.131. The Hall–Kier alpha value is -1.01. The van der Waals surface area contributed by atoms with Gasteiger partial charge in [0.05, 0.1) is 12.6 Å². The van der Waals surface area contributed by atoms with Crippen LogP contribution in [0.5, 0.6) is 0 Å². The van der Waals surface area contributed by atoms with Gasteiger partial charge in [0.2, 0.25) is 5.91 Å². The fourth-order valence-corrected chi connectivity index (χ4v) is 1.24. The second kappa shape index (κ2) is 7.40. The first-order valence-electron chi connectivity index (χ1n) is 5.15. The van der Waals surface area contributed by atoms with Gasteiger partial charge in [0.25, 0.3) is 0 Å². The smallest absolute Gasteiger partial charge is 0.240 e. The van der Waals surface area contributed by atoms with E-state index in [9.17, 15) is 4.79 Å². The number of nitrogens with zero attached hydrogens (tertiary/aromatic N) is 1. The Labute approximate surface area is 86.6 Å². The Morgan fingerprint density at radius 2 is 2.21 bits per heavy atom. The lowest BCUT2D eigenvalue weighted by atomic mass is 10.1. The molecule has 0 aliphatic rings. The zero-order valence-electron chi connectivity index (χ0n) is 9.12. The van der Waals surface area contributed by atoms with E-state index < -0.39 is 0 Å². The molecule has 0 saturated heterocycles. The van der Waals surface area contributed by atoms with Crippen molar-refractivity contribution >= 4 is 5.91 Å². The average Bonchev–Trinajstić information content (AvgIpc) is 2.21. The Kier molecular flexibility index (Phi) is 6.87. The first-order valence-corrected chi connectivity index (χ1v) is 5.15. The summed E-state index contributed by atoms with van der Waals surface area (Å²) < 4.78 is 0. The van der Waals surface area contributed by atoms with Crippen molar-refractivity contribution in [2.24, 2.45) is 5.73 Å². The molecule has 0 unspecified atom stereocenters. The van der Waals surface area contributed by atoms with E-state index in [1.165, 1.54) is 0 Å². The number of carbonyl (C=O) groups is 1. The molecule has 0 aromatic heterocycles. The highest BCUT2D eigenvalue weighted by Gasteiger charge is 2.17. The number of likely N-dealkylation sites (N-methyl/N-ethyl adjacent to an activating group) is 1. The molecule has 1 amide bonds. The lowest BCUT2D eigenvalue weighted by Crippen LogP contribution is -2.43. The van der Waals surface area contributed by atoms with Crippen LogP contribution in [-0.2, 0) is 4.79 Å². The largest absolute Gasteiger partial charge is 0.330 e. The van der Waals surface area contributed by atoms with E-state index in [0.717, 1.165) is 19.3 Å². The number of amides is 1. The highest BCUT2D eigenvalue weighted by atomic mass is 16.2. The topological polar surface area (TPSA) is 46.3 Å². The summed E-state index contributed by atoms with van der Waals surface area (Å²) >= 11 is 0. The minimum Gasteiger partial charge on any atom is -0.330 e. The van der Waals surface area contributed by atoms with Crippen LogP contribution in [0.2, 0.25) is 0 Å². The molecule has 0 heterocycles. The number of carbonyl (C=O) groups excluding carboxylic acids is 1. The first-order chi connectivity index (χ1) is 6.67. The van der Waals surface area contributed by atoms with E-state index in [1.54, 1.807) is 4.90 Å². The van der Waals surface area contributed by atoms with Crippen LogP contribution in [0.4, 0.5) is 0 Å². The zero-order valence-corrected chi connectivity index (χ0v) is 9.12. The molecule has 0 radical (unpaired) electrons. The summed E-state index contributed by atoms with van der Waals surface area (Å²) in [6, 6.07) is -0.386. The number of rotatable bonds is 6. The minimum atomic E-state index is -0.386. The van der Waals surface area contributed by atoms with E-state index in [-0.39, 0.29) is 11.9 Å². The van der Waals surface area contributed by atoms with Gasteiger partial charge in [-0.05, 0) is 13.3 Å². The van der Waals surface area contributed by atoms with Gasteiger partial charge in [0.15, 0.2) is 0 Å². The Morgan fingerprint density at radius 3 is 2.64 bits per heavy atom. The van der Waals surface area contributed by atoms with E-state index in [4.69, 9.17) is 12.2 Å². The predicted octanol–water partition coefficient (Wildman–Crippen LogP) is 0.986. The highest BCUT2D eigenvalue weighted by Crippen LogP contribution is 2.02. The molecular weight excluding hydrogens is 176 g/mol. The van der Waals surface area contributed by atoms with Crippen molar-refractivity contribution in [2.75, 3.05) is 13.1 Å². The van der Waals surface area contributed by atoms with Crippen LogP contribution >= 0.6 is 0 Å². The van der Waals surface area contributed by atoms with Gasteiger partial charge in [0.1, 0.15) is 0 Å². The van der Waals surface area contributed by atoms with Gasteiger partial charge in [-0.15, -0.1) is 6.42 Å². The van der Waals surface area contributed by atoms with Crippen molar-refractivity contribution < 1.29 is 4.79 Å². The molecule has 1 atom stereocenters. The zero-order chi connectivity index (χ0) is 11.0. The first kappa shape index (κ1) is 13.0. The summed E-state index contributed by atoms with van der Waals surface area (Å²) in [6.45, 7) is 4.97. The molecule has 0 rings (SSSR count). The summed E-state index contributed by atoms with van der Waals surface area (Å²) in [7, 11) is 0. The fraction of sp³-hybridized carbons (Fsp3) is 0.727. The molecule has 80 valence electrons. The summed E-state index contributed by atoms with van der Waals surface area (Å²) in [4.78, 5) is 13.3. The third-order valence-electron chi connectivity index (χ3n) is 2.16. The van der Waals surface area contributed by atoms with Crippen molar-refractivity contribution in [1.29, 1.82) is 0 Å².